The number of anilines is 1. The molecule has 1 atom stereocenters. The van der Waals surface area contributed by atoms with Gasteiger partial charge in [0.05, 0.1) is 11.8 Å². The van der Waals surface area contributed by atoms with E-state index in [2.05, 4.69) is 15.1 Å². The molecule has 1 aromatic carbocycles. The molecule has 0 aromatic heterocycles. The second kappa shape index (κ2) is 6.41. The lowest BCUT2D eigenvalue weighted by Crippen LogP contribution is -2.53. The average Bonchev–Trinajstić information content (AvgIpc) is 2.51. The quantitative estimate of drug-likeness (QED) is 0.879. The first-order chi connectivity index (χ1) is 10.2. The van der Waals surface area contributed by atoms with Gasteiger partial charge < -0.3 is 15.0 Å². The second-order valence-electron chi connectivity index (χ2n) is 5.48. The Bertz CT molecular complexity index is 493. The van der Waals surface area contributed by atoms with Crippen LogP contribution in [0, 0.1) is 5.82 Å². The first-order valence-corrected chi connectivity index (χ1v) is 7.32. The number of nitrogens with zero attached hydrogens (tertiary/aromatic N) is 2. The van der Waals surface area contributed by atoms with Crippen LogP contribution in [0.3, 0.4) is 0 Å². The fourth-order valence-electron chi connectivity index (χ4n) is 2.82. The minimum atomic E-state index is -0.163. The average molecular weight is 293 g/mol. The highest BCUT2D eigenvalue weighted by Gasteiger charge is 2.24. The summed E-state index contributed by atoms with van der Waals surface area (Å²) < 4.78 is 19.3. The predicted molar refractivity (Wildman–Crippen MR) is 77.8 cm³/mol. The molecular weight excluding hydrogens is 273 g/mol. The van der Waals surface area contributed by atoms with Crippen LogP contribution < -0.4 is 10.2 Å². The number of morpholine rings is 1. The van der Waals surface area contributed by atoms with Crippen LogP contribution in [0.2, 0.25) is 0 Å². The molecule has 1 amide bonds. The molecular formula is C15H20FN3O2. The molecule has 3 rings (SSSR count). The number of benzene rings is 1. The minimum absolute atomic E-state index is 0.0457. The van der Waals surface area contributed by atoms with Gasteiger partial charge in [-0.15, -0.1) is 0 Å². The molecule has 1 aromatic rings. The summed E-state index contributed by atoms with van der Waals surface area (Å²) in [4.78, 5) is 15.4. The minimum Gasteiger partial charge on any atom is -0.367 e. The molecule has 0 aliphatic carbocycles. The highest BCUT2D eigenvalue weighted by atomic mass is 19.1. The smallest absolute Gasteiger partial charge is 0.246 e. The second-order valence-corrected chi connectivity index (χ2v) is 5.48. The lowest BCUT2D eigenvalue weighted by Gasteiger charge is -2.38. The number of hydrogen-bond acceptors (Lipinski definition) is 4. The number of carbonyl (C=O) groups is 1. The largest absolute Gasteiger partial charge is 0.367 e. The molecule has 21 heavy (non-hydrogen) atoms. The molecule has 6 heteroatoms. The van der Waals surface area contributed by atoms with Gasteiger partial charge in [0.1, 0.15) is 12.4 Å². The molecule has 0 radical (unpaired) electrons. The summed E-state index contributed by atoms with van der Waals surface area (Å²) >= 11 is 0. The third kappa shape index (κ3) is 3.51. The number of piperazine rings is 1. The Kier molecular flexibility index (Phi) is 4.36. The fraction of sp³-hybridized carbons (Fsp3) is 0.533. The summed E-state index contributed by atoms with van der Waals surface area (Å²) in [5.41, 5.74) is 0.679. The molecule has 2 aliphatic rings. The zero-order valence-electron chi connectivity index (χ0n) is 11.9. The van der Waals surface area contributed by atoms with E-state index in [0.717, 1.165) is 32.7 Å². The number of para-hydroxylation sites is 1. The normalized spacial score (nSPS) is 24.0. The number of ether oxygens (including phenoxy) is 1. The Balaban J connectivity index is 1.49. The van der Waals surface area contributed by atoms with Crippen molar-refractivity contribution in [3.05, 3.63) is 30.1 Å². The van der Waals surface area contributed by atoms with Crippen LogP contribution in [0.5, 0.6) is 0 Å². The number of hydrogen-bond donors (Lipinski definition) is 1. The molecule has 2 saturated heterocycles. The Hall–Kier alpha value is -1.66. The Labute approximate surface area is 123 Å². The zero-order chi connectivity index (χ0) is 14.7. The van der Waals surface area contributed by atoms with E-state index in [1.807, 2.05) is 12.1 Å². The number of carbonyl (C=O) groups excluding carboxylic acids is 1. The SMILES string of the molecule is O=C1COC(CN2CCN(c3ccccc3F)CC2)CN1. The van der Waals surface area contributed by atoms with Gasteiger partial charge in [0.2, 0.25) is 5.91 Å². The molecule has 2 heterocycles. The number of halogens is 1. The summed E-state index contributed by atoms with van der Waals surface area (Å²) in [5, 5.41) is 2.81. The highest BCUT2D eigenvalue weighted by Crippen LogP contribution is 2.20. The van der Waals surface area contributed by atoms with Gasteiger partial charge in [-0.1, -0.05) is 12.1 Å². The van der Waals surface area contributed by atoms with Crippen LogP contribution in [-0.2, 0) is 9.53 Å². The van der Waals surface area contributed by atoms with Crippen molar-refractivity contribution in [2.45, 2.75) is 6.10 Å². The molecule has 0 spiro atoms. The third-order valence-electron chi connectivity index (χ3n) is 4.00. The van der Waals surface area contributed by atoms with Crippen LogP contribution in [0.25, 0.3) is 0 Å². The first kappa shape index (κ1) is 14.3. The van der Waals surface area contributed by atoms with Gasteiger partial charge in [0, 0.05) is 39.3 Å². The van der Waals surface area contributed by atoms with Gasteiger partial charge in [-0.2, -0.15) is 0 Å². The fourth-order valence-corrected chi connectivity index (χ4v) is 2.82. The molecule has 0 saturated carbocycles. The van der Waals surface area contributed by atoms with Crippen LogP contribution in [0.15, 0.2) is 24.3 Å². The Morgan fingerprint density at radius 1 is 1.24 bits per heavy atom. The van der Waals surface area contributed by atoms with Crippen molar-refractivity contribution in [3.63, 3.8) is 0 Å². The number of amides is 1. The van der Waals surface area contributed by atoms with Crippen LogP contribution in [0.4, 0.5) is 10.1 Å². The Morgan fingerprint density at radius 3 is 2.67 bits per heavy atom. The summed E-state index contributed by atoms with van der Waals surface area (Å²) in [7, 11) is 0. The van der Waals surface area contributed by atoms with E-state index in [0.29, 0.717) is 12.2 Å². The van der Waals surface area contributed by atoms with Crippen LogP contribution >= 0.6 is 0 Å². The van der Waals surface area contributed by atoms with E-state index in [1.165, 1.54) is 6.07 Å². The molecule has 0 bridgehead atoms. The van der Waals surface area contributed by atoms with E-state index in [-0.39, 0.29) is 24.4 Å². The van der Waals surface area contributed by atoms with Crippen molar-refractivity contribution < 1.29 is 13.9 Å². The van der Waals surface area contributed by atoms with Crippen molar-refractivity contribution in [3.8, 4) is 0 Å². The summed E-state index contributed by atoms with van der Waals surface area (Å²) in [5.74, 6) is -0.208. The topological polar surface area (TPSA) is 44.8 Å². The highest BCUT2D eigenvalue weighted by molar-refractivity contribution is 5.77. The Morgan fingerprint density at radius 2 is 2.00 bits per heavy atom. The van der Waals surface area contributed by atoms with E-state index in [1.54, 1.807) is 6.07 Å². The monoisotopic (exact) mass is 293 g/mol. The zero-order valence-corrected chi connectivity index (χ0v) is 11.9. The maximum absolute atomic E-state index is 13.8. The summed E-state index contributed by atoms with van der Waals surface area (Å²) in [6.07, 6.45) is 0.0581. The van der Waals surface area contributed by atoms with Crippen LogP contribution in [-0.4, -0.2) is 62.8 Å². The standard InChI is InChI=1S/C15H20FN3O2/c16-13-3-1-2-4-14(13)19-7-5-18(6-8-19)10-12-9-17-15(20)11-21-12/h1-4,12H,5-11H2,(H,17,20). The lowest BCUT2D eigenvalue weighted by atomic mass is 10.2. The van der Waals surface area contributed by atoms with E-state index in [9.17, 15) is 9.18 Å². The van der Waals surface area contributed by atoms with E-state index in [4.69, 9.17) is 4.74 Å². The van der Waals surface area contributed by atoms with E-state index >= 15 is 0 Å². The maximum atomic E-state index is 13.8. The molecule has 1 unspecified atom stereocenters. The lowest BCUT2D eigenvalue weighted by molar-refractivity contribution is -0.133. The molecule has 1 N–H and O–H groups in total. The summed E-state index contributed by atoms with van der Waals surface area (Å²) in [6.45, 7) is 4.90. The van der Waals surface area contributed by atoms with Crippen LogP contribution in [0.1, 0.15) is 0 Å². The van der Waals surface area contributed by atoms with E-state index < -0.39 is 0 Å². The van der Waals surface area contributed by atoms with Crippen molar-refractivity contribution in [2.75, 3.05) is 50.8 Å². The molecule has 114 valence electrons. The van der Waals surface area contributed by atoms with Gasteiger partial charge in [0.15, 0.2) is 0 Å². The van der Waals surface area contributed by atoms with Gasteiger partial charge in [0.25, 0.3) is 0 Å². The van der Waals surface area contributed by atoms with Gasteiger partial charge in [-0.05, 0) is 12.1 Å². The maximum Gasteiger partial charge on any atom is 0.246 e. The molecule has 5 nitrogen and oxygen atoms in total. The third-order valence-corrected chi connectivity index (χ3v) is 4.00. The van der Waals surface area contributed by atoms with Crippen molar-refractivity contribution in [2.24, 2.45) is 0 Å². The first-order valence-electron chi connectivity index (χ1n) is 7.32. The number of nitrogens with one attached hydrogen (secondary N) is 1. The van der Waals surface area contributed by atoms with Gasteiger partial charge in [-0.3, -0.25) is 9.69 Å². The van der Waals surface area contributed by atoms with Gasteiger partial charge in [-0.25, -0.2) is 4.39 Å². The predicted octanol–water partition coefficient (Wildman–Crippen LogP) is 0.463. The molecule has 2 fully saturated rings. The van der Waals surface area contributed by atoms with Crippen molar-refractivity contribution >= 4 is 11.6 Å². The molecule has 2 aliphatic heterocycles. The van der Waals surface area contributed by atoms with Crippen molar-refractivity contribution in [1.29, 1.82) is 0 Å². The van der Waals surface area contributed by atoms with Gasteiger partial charge >= 0.3 is 0 Å². The van der Waals surface area contributed by atoms with Crippen molar-refractivity contribution in [1.82, 2.24) is 10.2 Å². The summed E-state index contributed by atoms with van der Waals surface area (Å²) in [6, 6.07) is 6.90. The number of rotatable bonds is 3.